The summed E-state index contributed by atoms with van der Waals surface area (Å²) >= 11 is 0. The Labute approximate surface area is 149 Å². The largest absolute Gasteiger partial charge is 0.476 e. The molecule has 1 unspecified atom stereocenters. The van der Waals surface area contributed by atoms with Crippen molar-refractivity contribution >= 4 is 28.1 Å². The van der Waals surface area contributed by atoms with Gasteiger partial charge in [-0.2, -0.15) is 8.42 Å². The van der Waals surface area contributed by atoms with Crippen molar-refractivity contribution in [3.8, 4) is 5.75 Å². The minimum Gasteiger partial charge on any atom is -0.476 e. The Balaban J connectivity index is 1.73. The van der Waals surface area contributed by atoms with E-state index in [9.17, 15) is 8.42 Å². The second kappa shape index (κ2) is 4.72. The fourth-order valence-corrected chi connectivity index (χ4v) is 5.28. The van der Waals surface area contributed by atoms with Crippen LogP contribution in [0.1, 0.15) is 11.1 Å². The second-order valence-electron chi connectivity index (χ2n) is 6.49. The van der Waals surface area contributed by atoms with E-state index in [1.807, 2.05) is 30.4 Å². The van der Waals surface area contributed by atoms with Crippen LogP contribution >= 0.6 is 0 Å². The van der Waals surface area contributed by atoms with Crippen LogP contribution in [0, 0.1) is 0 Å². The molecule has 0 aliphatic carbocycles. The van der Waals surface area contributed by atoms with Crippen molar-refractivity contribution in [2.45, 2.75) is 5.34 Å². The lowest BCUT2D eigenvalue weighted by Crippen LogP contribution is -2.51. The van der Waals surface area contributed by atoms with E-state index < -0.39 is 22.2 Å². The molecule has 0 saturated carbocycles. The summed E-state index contributed by atoms with van der Waals surface area (Å²) in [5.41, 5.74) is 3.47. The maximum absolute atomic E-state index is 12.6. The van der Waals surface area contributed by atoms with E-state index in [1.165, 1.54) is 0 Å². The highest BCUT2D eigenvalue weighted by molar-refractivity contribution is 7.89. The quantitative estimate of drug-likeness (QED) is 0.519. The third-order valence-corrected chi connectivity index (χ3v) is 6.50. The van der Waals surface area contributed by atoms with Crippen LogP contribution in [-0.2, 0) is 23.8 Å². The lowest BCUT2D eigenvalue weighted by molar-refractivity contribution is 0.175. The molecule has 0 aromatic heterocycles. The third-order valence-electron chi connectivity index (χ3n) is 5.11. The van der Waals surface area contributed by atoms with Crippen LogP contribution in [0.4, 0.5) is 0 Å². The van der Waals surface area contributed by atoms with Crippen molar-refractivity contribution in [3.63, 3.8) is 0 Å². The lowest BCUT2D eigenvalue weighted by atomic mass is 9.37. The van der Waals surface area contributed by atoms with Crippen molar-refractivity contribution < 1.29 is 26.8 Å². The van der Waals surface area contributed by atoms with Crippen molar-refractivity contribution in [2.24, 2.45) is 0 Å². The van der Waals surface area contributed by atoms with Gasteiger partial charge in [-0.3, -0.25) is 4.18 Å². The summed E-state index contributed by atoms with van der Waals surface area (Å²) in [6.45, 7) is -0.519. The molecule has 0 spiro atoms. The summed E-state index contributed by atoms with van der Waals surface area (Å²) in [6.07, 6.45) is 8.66. The Bertz CT molecular complexity index is 1140. The van der Waals surface area contributed by atoms with E-state index in [4.69, 9.17) is 18.4 Å². The summed E-state index contributed by atoms with van der Waals surface area (Å²) in [4.78, 5) is 0. The van der Waals surface area contributed by atoms with Crippen molar-refractivity contribution in [2.75, 3.05) is 6.61 Å². The molecule has 0 N–H and O–H groups in total. The zero-order chi connectivity index (χ0) is 17.5. The number of rotatable bonds is 0. The average Bonchev–Trinajstić information content (AvgIpc) is 2.61. The molecular formula is C18H11BO6S. The zero-order valence-corrected chi connectivity index (χ0v) is 14.2. The minimum atomic E-state index is -3.88. The van der Waals surface area contributed by atoms with Gasteiger partial charge in [0.1, 0.15) is 11.5 Å². The summed E-state index contributed by atoms with van der Waals surface area (Å²) in [5, 5.41) is -1.14. The summed E-state index contributed by atoms with van der Waals surface area (Å²) in [7, 11) is -3.88. The van der Waals surface area contributed by atoms with E-state index in [0.29, 0.717) is 11.5 Å². The van der Waals surface area contributed by atoms with Gasteiger partial charge in [0.25, 0.3) is 16.8 Å². The Hall–Kier alpha value is -2.71. The van der Waals surface area contributed by atoms with Gasteiger partial charge < -0.3 is 14.2 Å². The van der Waals surface area contributed by atoms with Gasteiger partial charge in [0.2, 0.25) is 5.34 Å². The predicted octanol–water partition coefficient (Wildman–Crippen LogP) is 2.33. The van der Waals surface area contributed by atoms with Crippen LogP contribution in [0.3, 0.4) is 0 Å². The van der Waals surface area contributed by atoms with Gasteiger partial charge in [-0.25, -0.2) is 0 Å². The average molecular weight is 366 g/mol. The molecule has 8 heteroatoms. The van der Waals surface area contributed by atoms with E-state index in [0.717, 1.165) is 33.6 Å². The Morgan fingerprint density at radius 2 is 2.04 bits per heavy atom. The van der Waals surface area contributed by atoms with Gasteiger partial charge in [0, 0.05) is 0 Å². The molecule has 6 nitrogen and oxygen atoms in total. The summed E-state index contributed by atoms with van der Waals surface area (Å²) in [5.74, 6) is 2.45. The Kier molecular flexibility index (Phi) is 2.62. The maximum Gasteiger partial charge on any atom is 0.298 e. The molecule has 1 atom stereocenters. The lowest BCUT2D eigenvalue weighted by Gasteiger charge is -2.40. The Morgan fingerprint density at radius 3 is 2.96 bits per heavy atom. The first-order valence-electron chi connectivity index (χ1n) is 8.19. The molecule has 6 rings (SSSR count). The van der Waals surface area contributed by atoms with E-state index in [1.54, 1.807) is 18.4 Å². The topological polar surface area (TPSA) is 71.1 Å². The molecular weight excluding hydrogens is 355 g/mol. The molecule has 1 aromatic carbocycles. The van der Waals surface area contributed by atoms with Crippen molar-refractivity contribution in [3.05, 3.63) is 76.9 Å². The Morgan fingerprint density at radius 1 is 1.12 bits per heavy atom. The fraction of sp³-hybridized carbons (Fsp3) is 0.111. The molecule has 0 radical (unpaired) electrons. The van der Waals surface area contributed by atoms with Crippen LogP contribution in [0.2, 0.25) is 0 Å². The molecule has 1 aromatic rings. The highest BCUT2D eigenvalue weighted by Crippen LogP contribution is 2.50. The molecule has 26 heavy (non-hydrogen) atoms. The van der Waals surface area contributed by atoms with Crippen LogP contribution in [0.15, 0.2) is 65.8 Å². The molecule has 5 heterocycles. The highest BCUT2D eigenvalue weighted by atomic mass is 32.2. The first kappa shape index (κ1) is 14.5. The van der Waals surface area contributed by atoms with E-state index in [-0.39, 0.29) is 6.61 Å². The number of fused-ring (bicyclic) bond motifs is 2. The van der Waals surface area contributed by atoms with Gasteiger partial charge in [-0.15, -0.1) is 0 Å². The molecule has 0 bridgehead atoms. The van der Waals surface area contributed by atoms with Crippen LogP contribution < -0.4 is 4.74 Å². The molecule has 128 valence electrons. The number of ether oxygens (including phenoxy) is 3. The summed E-state index contributed by atoms with van der Waals surface area (Å²) < 4.78 is 47.6. The minimum absolute atomic E-state index is 0.0165. The molecule has 5 aliphatic rings. The van der Waals surface area contributed by atoms with Crippen LogP contribution in [0.25, 0.3) is 11.2 Å². The zero-order valence-electron chi connectivity index (χ0n) is 13.3. The first-order chi connectivity index (χ1) is 12.6. The van der Waals surface area contributed by atoms with Gasteiger partial charge in [-0.05, 0) is 35.3 Å². The normalized spacial score (nSPS) is 30.1. The monoisotopic (exact) mass is 366 g/mol. The molecule has 5 aliphatic heterocycles. The number of hydrogen-bond acceptors (Lipinski definition) is 6. The fourth-order valence-electron chi connectivity index (χ4n) is 3.98. The first-order valence-corrected chi connectivity index (χ1v) is 9.66. The van der Waals surface area contributed by atoms with Crippen LogP contribution in [-0.4, -0.2) is 27.1 Å². The SMILES string of the molecule is O=S1(=O)OC/C2=C/C=C3/Oc4cccc(c43)C3=C4OC=CC=C4OC1B32. The molecule has 1 saturated heterocycles. The second-order valence-corrected chi connectivity index (χ2v) is 8.18. The van der Waals surface area contributed by atoms with Gasteiger partial charge in [-0.1, -0.05) is 23.7 Å². The summed E-state index contributed by atoms with van der Waals surface area (Å²) in [6, 6.07) is 5.75. The number of benzene rings is 1. The third kappa shape index (κ3) is 1.73. The predicted molar refractivity (Wildman–Crippen MR) is 93.9 cm³/mol. The number of allylic oxidation sites excluding steroid dienone is 4. The van der Waals surface area contributed by atoms with Crippen LogP contribution in [0.5, 0.6) is 5.75 Å². The number of hydrogen-bond donors (Lipinski definition) is 0. The van der Waals surface area contributed by atoms with Crippen molar-refractivity contribution in [1.29, 1.82) is 0 Å². The standard InChI is InChI=1S/C18H11BO6S/c20-26(21)18-19-10(9-23-26)6-7-13-15-11(3-1-4-12(15)24-13)16(19)17-14(25-18)5-2-8-22-17/h1-8,18H,9H2/b10-6-,13-7+. The highest BCUT2D eigenvalue weighted by Gasteiger charge is 2.54. The van der Waals surface area contributed by atoms with E-state index >= 15 is 0 Å². The van der Waals surface area contributed by atoms with Gasteiger partial charge in [0.05, 0.1) is 18.4 Å². The maximum atomic E-state index is 12.6. The smallest absolute Gasteiger partial charge is 0.298 e. The van der Waals surface area contributed by atoms with Gasteiger partial charge >= 0.3 is 0 Å². The molecule has 1 fully saturated rings. The molecule has 0 amide bonds. The van der Waals surface area contributed by atoms with Gasteiger partial charge in [0.15, 0.2) is 11.5 Å². The van der Waals surface area contributed by atoms with E-state index in [2.05, 4.69) is 0 Å². The van der Waals surface area contributed by atoms with Crippen molar-refractivity contribution in [1.82, 2.24) is 0 Å².